The Kier molecular flexibility index (Phi) is 3.35. The topological polar surface area (TPSA) is 46.3 Å². The summed E-state index contributed by atoms with van der Waals surface area (Å²) in [4.78, 5) is 14.9. The average Bonchev–Trinajstić information content (AvgIpc) is 3.00. The normalized spacial score (nSPS) is 41.1. The molecule has 0 aromatic rings. The van der Waals surface area contributed by atoms with Gasteiger partial charge in [0.25, 0.3) is 0 Å². The monoisotopic (exact) mass is 250 g/mol. The van der Waals surface area contributed by atoms with Gasteiger partial charge in [0.05, 0.1) is 0 Å². The van der Waals surface area contributed by atoms with Crippen molar-refractivity contribution in [3.05, 3.63) is 0 Å². The minimum Gasteiger partial charge on any atom is -0.338 e. The first-order chi connectivity index (χ1) is 8.66. The van der Waals surface area contributed by atoms with E-state index in [-0.39, 0.29) is 6.04 Å². The Labute approximate surface area is 110 Å². The molecule has 5 atom stereocenters. The van der Waals surface area contributed by atoms with Crippen LogP contribution in [0.2, 0.25) is 0 Å². The Hall–Kier alpha value is -0.570. The standard InChI is InChI=1S/C15H26N2O/c1-10(16)14-4-2-3-7-17(14)15(18)13-9-11-5-6-12(13)8-11/h10-14H,2-9,16H2,1H3. The number of hydrogen-bond donors (Lipinski definition) is 1. The lowest BCUT2D eigenvalue weighted by Gasteiger charge is -2.40. The largest absolute Gasteiger partial charge is 0.338 e. The molecule has 1 amide bonds. The first-order valence-electron chi connectivity index (χ1n) is 7.73. The minimum atomic E-state index is 0.118. The highest BCUT2D eigenvalue weighted by Crippen LogP contribution is 2.49. The van der Waals surface area contributed by atoms with Gasteiger partial charge in [-0.1, -0.05) is 6.42 Å². The third-order valence-electron chi connectivity index (χ3n) is 5.49. The Bertz CT molecular complexity index is 328. The van der Waals surface area contributed by atoms with Crippen molar-refractivity contribution in [3.63, 3.8) is 0 Å². The zero-order valence-electron chi connectivity index (χ0n) is 11.5. The zero-order chi connectivity index (χ0) is 12.7. The number of nitrogens with two attached hydrogens (primary N) is 1. The first-order valence-corrected chi connectivity index (χ1v) is 7.73. The number of likely N-dealkylation sites (tertiary alicyclic amines) is 1. The van der Waals surface area contributed by atoms with E-state index in [1.54, 1.807) is 0 Å². The van der Waals surface area contributed by atoms with Crippen LogP contribution in [0.1, 0.15) is 51.9 Å². The number of nitrogens with zero attached hydrogens (tertiary/aromatic N) is 1. The van der Waals surface area contributed by atoms with E-state index in [9.17, 15) is 4.79 Å². The van der Waals surface area contributed by atoms with Crippen molar-refractivity contribution in [2.24, 2.45) is 23.5 Å². The Morgan fingerprint density at radius 3 is 2.67 bits per heavy atom. The maximum atomic E-state index is 12.8. The molecule has 1 heterocycles. The molecule has 2 N–H and O–H groups in total. The summed E-state index contributed by atoms with van der Waals surface area (Å²) < 4.78 is 0. The molecule has 5 unspecified atom stereocenters. The summed E-state index contributed by atoms with van der Waals surface area (Å²) in [5, 5.41) is 0. The molecule has 3 aliphatic rings. The Morgan fingerprint density at radius 1 is 1.22 bits per heavy atom. The van der Waals surface area contributed by atoms with E-state index >= 15 is 0 Å². The summed E-state index contributed by atoms with van der Waals surface area (Å²) in [5.41, 5.74) is 6.08. The van der Waals surface area contributed by atoms with E-state index in [0.29, 0.717) is 23.8 Å². The van der Waals surface area contributed by atoms with Crippen LogP contribution in [0.5, 0.6) is 0 Å². The fourth-order valence-electron chi connectivity index (χ4n) is 4.54. The Balaban J connectivity index is 1.70. The van der Waals surface area contributed by atoms with Crippen LogP contribution in [-0.2, 0) is 4.79 Å². The second kappa shape index (κ2) is 4.84. The second-order valence-electron chi connectivity index (χ2n) is 6.74. The van der Waals surface area contributed by atoms with Crippen molar-refractivity contribution in [2.45, 2.75) is 64.0 Å². The summed E-state index contributed by atoms with van der Waals surface area (Å²) in [6.45, 7) is 3.00. The van der Waals surface area contributed by atoms with E-state index < -0.39 is 0 Å². The average molecular weight is 250 g/mol. The summed E-state index contributed by atoms with van der Waals surface area (Å²) in [7, 11) is 0. The Morgan fingerprint density at radius 2 is 2.06 bits per heavy atom. The molecular formula is C15H26N2O. The van der Waals surface area contributed by atoms with Crippen LogP contribution in [0.25, 0.3) is 0 Å². The van der Waals surface area contributed by atoms with Crippen LogP contribution in [0, 0.1) is 17.8 Å². The third-order valence-corrected chi connectivity index (χ3v) is 5.49. The minimum absolute atomic E-state index is 0.118. The van der Waals surface area contributed by atoms with Gasteiger partial charge in [-0.05, 0) is 57.3 Å². The summed E-state index contributed by atoms with van der Waals surface area (Å²) in [6, 6.07) is 0.415. The summed E-state index contributed by atoms with van der Waals surface area (Å²) >= 11 is 0. The quantitative estimate of drug-likeness (QED) is 0.816. The molecular weight excluding hydrogens is 224 g/mol. The predicted octanol–water partition coefficient (Wildman–Crippen LogP) is 2.15. The SMILES string of the molecule is CC(N)C1CCCCN1C(=O)C1CC2CCC1C2. The van der Waals surface area contributed by atoms with Crippen LogP contribution in [0.4, 0.5) is 0 Å². The summed E-state index contributed by atoms with van der Waals surface area (Å²) in [6.07, 6.45) is 8.62. The highest BCUT2D eigenvalue weighted by molar-refractivity contribution is 5.80. The first kappa shape index (κ1) is 12.5. The van der Waals surface area contributed by atoms with Crippen LogP contribution in [0.3, 0.4) is 0 Å². The molecule has 3 heteroatoms. The number of carbonyl (C=O) groups excluding carboxylic acids is 1. The van der Waals surface area contributed by atoms with E-state index in [1.807, 2.05) is 0 Å². The van der Waals surface area contributed by atoms with Crippen molar-refractivity contribution >= 4 is 5.91 Å². The molecule has 2 aliphatic carbocycles. The maximum absolute atomic E-state index is 12.8. The van der Waals surface area contributed by atoms with E-state index in [0.717, 1.165) is 31.7 Å². The van der Waals surface area contributed by atoms with Gasteiger partial charge in [-0.3, -0.25) is 4.79 Å². The van der Waals surface area contributed by atoms with Gasteiger partial charge in [-0.15, -0.1) is 0 Å². The lowest BCUT2D eigenvalue weighted by Crippen LogP contribution is -2.53. The number of piperidine rings is 1. The fraction of sp³-hybridized carbons (Fsp3) is 0.933. The molecule has 18 heavy (non-hydrogen) atoms. The molecule has 2 saturated carbocycles. The summed E-state index contributed by atoms with van der Waals surface area (Å²) in [5.74, 6) is 2.31. The van der Waals surface area contributed by atoms with Gasteiger partial charge in [0.15, 0.2) is 0 Å². The molecule has 0 spiro atoms. The molecule has 2 bridgehead atoms. The maximum Gasteiger partial charge on any atom is 0.226 e. The van der Waals surface area contributed by atoms with Crippen molar-refractivity contribution in [3.8, 4) is 0 Å². The third kappa shape index (κ3) is 2.07. The molecule has 1 aliphatic heterocycles. The van der Waals surface area contributed by atoms with Crippen LogP contribution >= 0.6 is 0 Å². The number of amides is 1. The lowest BCUT2D eigenvalue weighted by atomic mass is 9.86. The van der Waals surface area contributed by atoms with E-state index in [4.69, 9.17) is 5.73 Å². The molecule has 3 fully saturated rings. The van der Waals surface area contributed by atoms with Gasteiger partial charge in [0.1, 0.15) is 0 Å². The molecule has 3 nitrogen and oxygen atoms in total. The highest BCUT2D eigenvalue weighted by Gasteiger charge is 2.45. The van der Waals surface area contributed by atoms with Gasteiger partial charge < -0.3 is 10.6 Å². The van der Waals surface area contributed by atoms with Gasteiger partial charge in [0.2, 0.25) is 5.91 Å². The smallest absolute Gasteiger partial charge is 0.226 e. The van der Waals surface area contributed by atoms with Crippen LogP contribution in [0.15, 0.2) is 0 Å². The second-order valence-corrected chi connectivity index (χ2v) is 6.74. The molecule has 1 saturated heterocycles. The lowest BCUT2D eigenvalue weighted by molar-refractivity contribution is -0.141. The van der Waals surface area contributed by atoms with Crippen LogP contribution < -0.4 is 5.73 Å². The van der Waals surface area contributed by atoms with Gasteiger partial charge in [-0.25, -0.2) is 0 Å². The predicted molar refractivity (Wildman–Crippen MR) is 71.9 cm³/mol. The number of fused-ring (bicyclic) bond motifs is 2. The zero-order valence-corrected chi connectivity index (χ0v) is 11.5. The van der Waals surface area contributed by atoms with Crippen LogP contribution in [-0.4, -0.2) is 29.4 Å². The number of rotatable bonds is 2. The van der Waals surface area contributed by atoms with Gasteiger partial charge >= 0.3 is 0 Å². The van der Waals surface area contributed by atoms with E-state index in [1.165, 1.54) is 25.7 Å². The molecule has 0 aromatic heterocycles. The van der Waals surface area contributed by atoms with Crippen molar-refractivity contribution in [1.29, 1.82) is 0 Å². The highest BCUT2D eigenvalue weighted by atomic mass is 16.2. The molecule has 102 valence electrons. The van der Waals surface area contributed by atoms with Gasteiger partial charge in [-0.2, -0.15) is 0 Å². The number of hydrogen-bond acceptors (Lipinski definition) is 2. The number of carbonyl (C=O) groups is 1. The van der Waals surface area contributed by atoms with Gasteiger partial charge in [0, 0.05) is 24.5 Å². The van der Waals surface area contributed by atoms with Crippen molar-refractivity contribution in [2.75, 3.05) is 6.54 Å². The molecule has 0 aromatic carbocycles. The molecule has 3 rings (SSSR count). The van der Waals surface area contributed by atoms with Crippen molar-refractivity contribution < 1.29 is 4.79 Å². The van der Waals surface area contributed by atoms with E-state index in [2.05, 4.69) is 11.8 Å². The molecule has 0 radical (unpaired) electrons. The fourth-order valence-corrected chi connectivity index (χ4v) is 4.54. The van der Waals surface area contributed by atoms with Crippen molar-refractivity contribution in [1.82, 2.24) is 4.90 Å².